The van der Waals surface area contributed by atoms with Crippen molar-refractivity contribution in [1.82, 2.24) is 20.2 Å². The van der Waals surface area contributed by atoms with Gasteiger partial charge in [0.2, 0.25) is 11.1 Å². The minimum Gasteiger partial charge on any atom is -0.325 e. The maximum atomic E-state index is 13.2. The number of amides is 1. The maximum Gasteiger partial charge on any atom is 0.237 e. The summed E-state index contributed by atoms with van der Waals surface area (Å²) in [6, 6.07) is 11.8. The molecule has 1 amide bonds. The highest BCUT2D eigenvalue weighted by atomic mass is 32.2. The average Bonchev–Trinajstić information content (AvgIpc) is 3.02. The van der Waals surface area contributed by atoms with E-state index in [1.807, 2.05) is 32.0 Å². The van der Waals surface area contributed by atoms with Gasteiger partial charge in [0.15, 0.2) is 0 Å². The lowest BCUT2D eigenvalue weighted by Crippen LogP contribution is -2.23. The molecule has 1 atom stereocenters. The first-order chi connectivity index (χ1) is 12.4. The second-order valence-electron chi connectivity index (χ2n) is 5.92. The summed E-state index contributed by atoms with van der Waals surface area (Å²) in [4.78, 5) is 12.4. The molecule has 134 valence electrons. The van der Waals surface area contributed by atoms with E-state index in [9.17, 15) is 9.18 Å². The van der Waals surface area contributed by atoms with Gasteiger partial charge in [-0.2, -0.15) is 4.68 Å². The molecular formula is C18H18FN5OS. The van der Waals surface area contributed by atoms with E-state index < -0.39 is 11.1 Å². The summed E-state index contributed by atoms with van der Waals surface area (Å²) in [6.07, 6.45) is 0. The predicted molar refractivity (Wildman–Crippen MR) is 99.0 cm³/mol. The van der Waals surface area contributed by atoms with Gasteiger partial charge in [0, 0.05) is 5.69 Å². The zero-order valence-corrected chi connectivity index (χ0v) is 15.4. The van der Waals surface area contributed by atoms with Gasteiger partial charge in [-0.3, -0.25) is 4.79 Å². The van der Waals surface area contributed by atoms with Crippen molar-refractivity contribution < 1.29 is 9.18 Å². The highest BCUT2D eigenvalue weighted by Crippen LogP contribution is 2.25. The molecule has 6 nitrogen and oxygen atoms in total. The summed E-state index contributed by atoms with van der Waals surface area (Å²) in [5.41, 5.74) is 3.46. The molecule has 0 saturated carbocycles. The van der Waals surface area contributed by atoms with E-state index in [4.69, 9.17) is 0 Å². The molecule has 3 aromatic rings. The van der Waals surface area contributed by atoms with Crippen molar-refractivity contribution in [2.45, 2.75) is 31.2 Å². The maximum absolute atomic E-state index is 13.2. The number of hydrogen-bond donors (Lipinski definition) is 1. The Morgan fingerprint density at radius 1 is 1.23 bits per heavy atom. The van der Waals surface area contributed by atoms with Crippen molar-refractivity contribution >= 4 is 23.4 Å². The lowest BCUT2D eigenvalue weighted by molar-refractivity contribution is -0.115. The number of tetrazole rings is 1. The Hall–Kier alpha value is -2.74. The van der Waals surface area contributed by atoms with Crippen LogP contribution < -0.4 is 5.32 Å². The number of hydrogen-bond acceptors (Lipinski definition) is 5. The van der Waals surface area contributed by atoms with Crippen molar-refractivity contribution in [1.29, 1.82) is 0 Å². The molecular weight excluding hydrogens is 353 g/mol. The molecule has 8 heteroatoms. The summed E-state index contributed by atoms with van der Waals surface area (Å²) >= 11 is 1.24. The van der Waals surface area contributed by atoms with Gasteiger partial charge in [0.1, 0.15) is 5.82 Å². The Kier molecular flexibility index (Phi) is 5.32. The topological polar surface area (TPSA) is 72.7 Å². The Balaban J connectivity index is 1.75. The van der Waals surface area contributed by atoms with Crippen LogP contribution in [0.15, 0.2) is 47.6 Å². The number of anilines is 1. The van der Waals surface area contributed by atoms with Crippen LogP contribution in [0.25, 0.3) is 5.69 Å². The summed E-state index contributed by atoms with van der Waals surface area (Å²) in [5.74, 6) is -0.655. The molecule has 26 heavy (non-hydrogen) atoms. The van der Waals surface area contributed by atoms with Crippen LogP contribution in [-0.4, -0.2) is 31.4 Å². The molecule has 1 heterocycles. The molecule has 0 unspecified atom stereocenters. The predicted octanol–water partition coefficient (Wildman–Crippen LogP) is 3.54. The number of halogens is 1. The van der Waals surface area contributed by atoms with Crippen LogP contribution in [0.5, 0.6) is 0 Å². The van der Waals surface area contributed by atoms with Crippen molar-refractivity contribution in [2.24, 2.45) is 0 Å². The van der Waals surface area contributed by atoms with Crippen LogP contribution >= 0.6 is 11.8 Å². The summed E-state index contributed by atoms with van der Waals surface area (Å²) in [6.45, 7) is 5.75. The molecule has 1 aromatic heterocycles. The van der Waals surface area contributed by atoms with Gasteiger partial charge in [-0.05, 0) is 61.0 Å². The smallest absolute Gasteiger partial charge is 0.237 e. The first kappa shape index (κ1) is 18.1. The lowest BCUT2D eigenvalue weighted by Gasteiger charge is -2.12. The van der Waals surface area contributed by atoms with Crippen LogP contribution in [0.1, 0.15) is 18.1 Å². The monoisotopic (exact) mass is 371 g/mol. The number of aromatic nitrogens is 4. The summed E-state index contributed by atoms with van der Waals surface area (Å²) in [7, 11) is 0. The molecule has 0 aliphatic carbocycles. The van der Waals surface area contributed by atoms with Crippen LogP contribution in [0.3, 0.4) is 0 Å². The van der Waals surface area contributed by atoms with Gasteiger partial charge in [-0.15, -0.1) is 5.10 Å². The number of aryl methyl sites for hydroxylation is 2. The minimum atomic E-state index is -0.464. The lowest BCUT2D eigenvalue weighted by atomic mass is 10.1. The first-order valence-electron chi connectivity index (χ1n) is 8.03. The number of nitrogens with zero attached hydrogens (tertiary/aromatic N) is 4. The van der Waals surface area contributed by atoms with Crippen molar-refractivity contribution in [3.63, 3.8) is 0 Å². The van der Waals surface area contributed by atoms with E-state index in [0.29, 0.717) is 10.8 Å². The number of nitrogens with one attached hydrogen (secondary N) is 1. The average molecular weight is 371 g/mol. The van der Waals surface area contributed by atoms with E-state index in [0.717, 1.165) is 16.8 Å². The van der Waals surface area contributed by atoms with Crippen molar-refractivity contribution in [3.8, 4) is 5.69 Å². The largest absolute Gasteiger partial charge is 0.325 e. The quantitative estimate of drug-likeness (QED) is 0.695. The molecule has 3 rings (SSSR count). The normalized spacial score (nSPS) is 12.0. The second kappa shape index (κ2) is 7.65. The Morgan fingerprint density at radius 3 is 2.77 bits per heavy atom. The third kappa shape index (κ3) is 4.08. The highest BCUT2D eigenvalue weighted by molar-refractivity contribution is 8.00. The fourth-order valence-corrected chi connectivity index (χ4v) is 3.27. The van der Waals surface area contributed by atoms with Gasteiger partial charge in [0.05, 0.1) is 10.9 Å². The van der Waals surface area contributed by atoms with Gasteiger partial charge in [-0.1, -0.05) is 35.5 Å². The Labute approximate surface area is 154 Å². The molecule has 0 fully saturated rings. The molecule has 0 aliphatic heterocycles. The molecule has 2 aromatic carbocycles. The number of benzene rings is 2. The fourth-order valence-electron chi connectivity index (χ4n) is 2.47. The number of carbonyl (C=O) groups is 1. The van der Waals surface area contributed by atoms with Crippen LogP contribution in [-0.2, 0) is 4.79 Å². The molecule has 0 aliphatic rings. The van der Waals surface area contributed by atoms with E-state index in [2.05, 4.69) is 20.8 Å². The molecule has 0 saturated heterocycles. The van der Waals surface area contributed by atoms with E-state index >= 15 is 0 Å². The van der Waals surface area contributed by atoms with Crippen molar-refractivity contribution in [2.75, 3.05) is 5.32 Å². The zero-order chi connectivity index (χ0) is 18.7. The van der Waals surface area contributed by atoms with E-state index in [1.165, 1.54) is 23.9 Å². The van der Waals surface area contributed by atoms with Gasteiger partial charge < -0.3 is 5.32 Å². The standard InChI is InChI=1S/C18H18FN5OS/c1-11-7-8-16(12(2)9-11)24-18(21-22-23-24)26-13(3)17(25)20-15-6-4-5-14(19)10-15/h4-10,13H,1-3H3,(H,20,25)/t13-/m0/s1. The summed E-state index contributed by atoms with van der Waals surface area (Å²) < 4.78 is 14.9. The summed E-state index contributed by atoms with van der Waals surface area (Å²) in [5, 5.41) is 14.5. The number of carbonyl (C=O) groups excluding carboxylic acids is 1. The SMILES string of the molecule is Cc1ccc(-n2nnnc2S[C@@H](C)C(=O)Nc2cccc(F)c2)c(C)c1. The second-order valence-corrected chi connectivity index (χ2v) is 7.23. The van der Waals surface area contributed by atoms with E-state index in [-0.39, 0.29) is 5.91 Å². The first-order valence-corrected chi connectivity index (χ1v) is 8.91. The van der Waals surface area contributed by atoms with Crippen LogP contribution in [0.2, 0.25) is 0 Å². The fraction of sp³-hybridized carbons (Fsp3) is 0.222. The molecule has 0 radical (unpaired) electrons. The van der Waals surface area contributed by atoms with Gasteiger partial charge in [-0.25, -0.2) is 4.39 Å². The molecule has 1 N–H and O–H groups in total. The third-order valence-corrected chi connectivity index (χ3v) is 4.80. The Morgan fingerprint density at radius 2 is 2.04 bits per heavy atom. The van der Waals surface area contributed by atoms with Gasteiger partial charge in [0.25, 0.3) is 0 Å². The zero-order valence-electron chi connectivity index (χ0n) is 14.6. The van der Waals surface area contributed by atoms with E-state index in [1.54, 1.807) is 23.7 Å². The minimum absolute atomic E-state index is 0.254. The van der Waals surface area contributed by atoms with Gasteiger partial charge >= 0.3 is 0 Å². The number of thioether (sulfide) groups is 1. The highest BCUT2D eigenvalue weighted by Gasteiger charge is 2.20. The van der Waals surface area contributed by atoms with Crippen LogP contribution in [0.4, 0.5) is 10.1 Å². The third-order valence-electron chi connectivity index (χ3n) is 3.76. The molecule has 0 spiro atoms. The number of rotatable bonds is 5. The Bertz CT molecular complexity index is 943. The molecule has 0 bridgehead atoms. The van der Waals surface area contributed by atoms with Crippen molar-refractivity contribution in [3.05, 3.63) is 59.4 Å². The van der Waals surface area contributed by atoms with Crippen LogP contribution in [0, 0.1) is 19.7 Å².